The van der Waals surface area contributed by atoms with Crippen LogP contribution in [0.25, 0.3) is 6.08 Å². The first-order valence-electron chi connectivity index (χ1n) is 7.70. The molecule has 0 aliphatic carbocycles. The van der Waals surface area contributed by atoms with Crippen molar-refractivity contribution in [2.75, 3.05) is 14.2 Å². The first-order chi connectivity index (χ1) is 11.6. The normalized spacial score (nSPS) is 12.2. The van der Waals surface area contributed by atoms with Gasteiger partial charge in [0, 0.05) is 17.2 Å². The molecule has 128 valence electrons. The van der Waals surface area contributed by atoms with Crippen LogP contribution in [0.5, 0.6) is 11.5 Å². The number of ether oxygens (including phenoxy) is 2. The highest BCUT2D eigenvalue weighted by Crippen LogP contribution is 2.28. The van der Waals surface area contributed by atoms with Crippen molar-refractivity contribution >= 4 is 23.3 Å². The van der Waals surface area contributed by atoms with Gasteiger partial charge >= 0.3 is 0 Å². The van der Waals surface area contributed by atoms with Gasteiger partial charge in [-0.1, -0.05) is 13.0 Å². The van der Waals surface area contributed by atoms with E-state index in [0.29, 0.717) is 11.5 Å². The van der Waals surface area contributed by atoms with Crippen LogP contribution in [0, 0.1) is 6.92 Å². The van der Waals surface area contributed by atoms with Crippen molar-refractivity contribution in [2.24, 2.45) is 0 Å². The molecule has 0 saturated heterocycles. The molecule has 0 saturated carbocycles. The molecule has 2 rings (SSSR count). The number of thiazole rings is 1. The van der Waals surface area contributed by atoms with Gasteiger partial charge < -0.3 is 14.8 Å². The summed E-state index contributed by atoms with van der Waals surface area (Å²) in [5.74, 6) is 1.14. The summed E-state index contributed by atoms with van der Waals surface area (Å²) in [6, 6.07) is 5.44. The summed E-state index contributed by atoms with van der Waals surface area (Å²) < 4.78 is 10.5. The molecule has 1 unspecified atom stereocenters. The van der Waals surface area contributed by atoms with E-state index in [1.54, 1.807) is 31.6 Å². The number of nitrogens with one attached hydrogen (secondary N) is 1. The highest BCUT2D eigenvalue weighted by atomic mass is 32.1. The molecule has 2 aromatic rings. The highest BCUT2D eigenvalue weighted by molar-refractivity contribution is 7.09. The Hall–Kier alpha value is -2.34. The molecule has 1 amide bonds. The fourth-order valence-electron chi connectivity index (χ4n) is 2.22. The van der Waals surface area contributed by atoms with Crippen LogP contribution in [0.1, 0.15) is 35.7 Å². The Labute approximate surface area is 146 Å². The third-order valence-corrected chi connectivity index (χ3v) is 4.57. The third-order valence-electron chi connectivity index (χ3n) is 3.49. The molecular formula is C18H22N2O3S. The predicted octanol–water partition coefficient (Wildman–Crippen LogP) is 3.75. The fourth-order valence-corrected chi connectivity index (χ4v) is 3.15. The molecule has 24 heavy (non-hydrogen) atoms. The number of carbonyl (C=O) groups is 1. The minimum atomic E-state index is -0.149. The highest BCUT2D eigenvalue weighted by Gasteiger charge is 2.14. The smallest absolute Gasteiger partial charge is 0.244 e. The van der Waals surface area contributed by atoms with E-state index in [2.05, 4.69) is 10.3 Å². The van der Waals surface area contributed by atoms with Crippen LogP contribution in [0.4, 0.5) is 0 Å². The molecule has 1 aromatic carbocycles. The maximum absolute atomic E-state index is 12.2. The summed E-state index contributed by atoms with van der Waals surface area (Å²) in [6.07, 6.45) is 4.06. The summed E-state index contributed by atoms with van der Waals surface area (Å²) in [6.45, 7) is 3.98. The molecule has 0 aliphatic rings. The maximum Gasteiger partial charge on any atom is 0.244 e. The van der Waals surface area contributed by atoms with Crippen molar-refractivity contribution in [1.82, 2.24) is 10.3 Å². The zero-order valence-electron chi connectivity index (χ0n) is 14.3. The van der Waals surface area contributed by atoms with Crippen LogP contribution in [0.2, 0.25) is 0 Å². The first kappa shape index (κ1) is 18.0. The molecule has 1 aromatic heterocycles. The molecule has 1 N–H and O–H groups in total. The van der Waals surface area contributed by atoms with Gasteiger partial charge in [0.15, 0.2) is 11.5 Å². The van der Waals surface area contributed by atoms with Crippen molar-refractivity contribution in [3.8, 4) is 11.5 Å². The van der Waals surface area contributed by atoms with Crippen LogP contribution >= 0.6 is 11.3 Å². The quantitative estimate of drug-likeness (QED) is 0.776. The van der Waals surface area contributed by atoms with E-state index in [1.807, 2.05) is 37.4 Å². The van der Waals surface area contributed by atoms with Gasteiger partial charge in [-0.05, 0) is 37.1 Å². The van der Waals surface area contributed by atoms with Gasteiger partial charge in [0.2, 0.25) is 5.91 Å². The van der Waals surface area contributed by atoms with Gasteiger partial charge in [-0.3, -0.25) is 4.79 Å². The summed E-state index contributed by atoms with van der Waals surface area (Å²) in [5.41, 5.74) is 1.84. The number of carbonyl (C=O) groups excluding carboxylic acids is 1. The molecule has 1 atom stereocenters. The Morgan fingerprint density at radius 3 is 2.67 bits per heavy atom. The summed E-state index contributed by atoms with van der Waals surface area (Å²) in [5, 5.41) is 5.91. The third kappa shape index (κ3) is 4.58. The number of nitrogens with zero attached hydrogens (tertiary/aromatic N) is 1. The minimum Gasteiger partial charge on any atom is -0.493 e. The van der Waals surface area contributed by atoms with Crippen molar-refractivity contribution in [1.29, 1.82) is 0 Å². The standard InChI is InChI=1S/C18H22N2O3S/c1-5-14(18-19-12(2)11-24-18)20-17(21)9-7-13-6-8-15(22-3)16(10-13)23-4/h6-11,14H,5H2,1-4H3,(H,20,21). The topological polar surface area (TPSA) is 60.5 Å². The van der Waals surface area contributed by atoms with Gasteiger partial charge in [0.05, 0.1) is 20.3 Å². The van der Waals surface area contributed by atoms with Gasteiger partial charge in [0.25, 0.3) is 0 Å². The molecule has 5 nitrogen and oxygen atoms in total. The average Bonchev–Trinajstić information content (AvgIpc) is 3.03. The van der Waals surface area contributed by atoms with E-state index in [4.69, 9.17) is 9.47 Å². The monoisotopic (exact) mass is 346 g/mol. The van der Waals surface area contributed by atoms with Crippen molar-refractivity contribution in [3.63, 3.8) is 0 Å². The average molecular weight is 346 g/mol. The van der Waals surface area contributed by atoms with E-state index < -0.39 is 0 Å². The molecule has 0 spiro atoms. The Bertz CT molecular complexity index is 725. The van der Waals surface area contributed by atoms with Crippen molar-refractivity contribution < 1.29 is 14.3 Å². The lowest BCUT2D eigenvalue weighted by Crippen LogP contribution is -2.26. The number of amides is 1. The molecule has 1 heterocycles. The van der Waals surface area contributed by atoms with Crippen LogP contribution in [-0.4, -0.2) is 25.1 Å². The number of aryl methyl sites for hydroxylation is 1. The fraction of sp³-hybridized carbons (Fsp3) is 0.333. The van der Waals surface area contributed by atoms with E-state index in [-0.39, 0.29) is 11.9 Å². The summed E-state index contributed by atoms with van der Waals surface area (Å²) in [4.78, 5) is 16.6. The predicted molar refractivity (Wildman–Crippen MR) is 96.6 cm³/mol. The SMILES string of the molecule is CCC(NC(=O)C=Cc1ccc(OC)c(OC)c1)c1nc(C)cs1. The van der Waals surface area contributed by atoms with Crippen LogP contribution in [-0.2, 0) is 4.79 Å². The number of rotatable bonds is 7. The van der Waals surface area contributed by atoms with Crippen LogP contribution < -0.4 is 14.8 Å². The zero-order chi connectivity index (χ0) is 17.5. The van der Waals surface area contributed by atoms with Gasteiger partial charge in [-0.25, -0.2) is 4.98 Å². The zero-order valence-corrected chi connectivity index (χ0v) is 15.1. The Morgan fingerprint density at radius 1 is 1.33 bits per heavy atom. The number of hydrogen-bond acceptors (Lipinski definition) is 5. The summed E-state index contributed by atoms with van der Waals surface area (Å²) >= 11 is 1.57. The number of hydrogen-bond donors (Lipinski definition) is 1. The van der Waals surface area contributed by atoms with Crippen LogP contribution in [0.3, 0.4) is 0 Å². The van der Waals surface area contributed by atoms with Crippen LogP contribution in [0.15, 0.2) is 29.7 Å². The lowest BCUT2D eigenvalue weighted by molar-refractivity contribution is -0.117. The second-order valence-electron chi connectivity index (χ2n) is 5.24. The Morgan fingerprint density at radius 2 is 2.08 bits per heavy atom. The Balaban J connectivity index is 2.04. The van der Waals surface area contributed by atoms with E-state index in [9.17, 15) is 4.79 Å². The van der Waals surface area contributed by atoms with Crippen molar-refractivity contribution in [3.05, 3.63) is 45.9 Å². The number of methoxy groups -OCH3 is 2. The molecule has 0 bridgehead atoms. The number of benzene rings is 1. The largest absolute Gasteiger partial charge is 0.493 e. The van der Waals surface area contributed by atoms with E-state index in [0.717, 1.165) is 22.7 Å². The van der Waals surface area contributed by atoms with Crippen molar-refractivity contribution in [2.45, 2.75) is 26.3 Å². The minimum absolute atomic E-state index is 0.0637. The van der Waals surface area contributed by atoms with Gasteiger partial charge in [-0.2, -0.15) is 0 Å². The lowest BCUT2D eigenvalue weighted by atomic mass is 10.2. The van der Waals surface area contributed by atoms with Gasteiger partial charge in [-0.15, -0.1) is 11.3 Å². The lowest BCUT2D eigenvalue weighted by Gasteiger charge is -2.12. The first-order valence-corrected chi connectivity index (χ1v) is 8.58. The molecular weight excluding hydrogens is 324 g/mol. The van der Waals surface area contributed by atoms with Gasteiger partial charge in [0.1, 0.15) is 5.01 Å². The molecule has 6 heteroatoms. The Kier molecular flexibility index (Phi) is 6.37. The number of aromatic nitrogens is 1. The molecule has 0 fully saturated rings. The second-order valence-corrected chi connectivity index (χ2v) is 6.13. The second kappa shape index (κ2) is 8.49. The van der Waals surface area contributed by atoms with E-state index >= 15 is 0 Å². The maximum atomic E-state index is 12.2. The van der Waals surface area contributed by atoms with E-state index in [1.165, 1.54) is 6.08 Å². The molecule has 0 radical (unpaired) electrons. The molecule has 0 aliphatic heterocycles. The summed E-state index contributed by atoms with van der Waals surface area (Å²) in [7, 11) is 3.17.